The maximum atomic E-state index is 12.2. The predicted molar refractivity (Wildman–Crippen MR) is 73.8 cm³/mol. The second kappa shape index (κ2) is 4.07. The van der Waals surface area contributed by atoms with Gasteiger partial charge in [-0.3, -0.25) is 9.59 Å². The van der Waals surface area contributed by atoms with E-state index >= 15 is 0 Å². The van der Waals surface area contributed by atoms with E-state index in [0.717, 1.165) is 15.7 Å². The van der Waals surface area contributed by atoms with Gasteiger partial charge in [0.25, 0.3) is 0 Å². The highest BCUT2D eigenvalue weighted by molar-refractivity contribution is 9.10. The first kappa shape index (κ1) is 12.7. The molecule has 5 heteroatoms. The van der Waals surface area contributed by atoms with Crippen LogP contribution in [0, 0.1) is 5.92 Å². The van der Waals surface area contributed by atoms with Crippen molar-refractivity contribution in [2.75, 3.05) is 5.32 Å². The van der Waals surface area contributed by atoms with Crippen molar-refractivity contribution in [2.45, 2.75) is 31.8 Å². The number of esters is 1. The molecule has 1 aromatic rings. The molecule has 1 aromatic carbocycles. The van der Waals surface area contributed by atoms with E-state index in [0.29, 0.717) is 6.42 Å². The number of ether oxygens (including phenoxy) is 1. The Morgan fingerprint density at radius 1 is 1.53 bits per heavy atom. The van der Waals surface area contributed by atoms with Gasteiger partial charge in [0, 0.05) is 10.2 Å². The zero-order valence-electron chi connectivity index (χ0n) is 10.7. The largest absolute Gasteiger partial charge is 0.463 e. The van der Waals surface area contributed by atoms with Gasteiger partial charge in [-0.1, -0.05) is 15.9 Å². The minimum atomic E-state index is -0.703. The average Bonchev–Trinajstić information content (AvgIpc) is 3.01. The van der Waals surface area contributed by atoms with E-state index in [4.69, 9.17) is 4.74 Å². The number of halogens is 1. The third kappa shape index (κ3) is 1.79. The number of benzene rings is 1. The number of amides is 1. The zero-order valence-corrected chi connectivity index (χ0v) is 12.3. The molecule has 100 valence electrons. The van der Waals surface area contributed by atoms with E-state index in [-0.39, 0.29) is 23.9 Å². The number of carbonyl (C=O) groups is 2. The van der Waals surface area contributed by atoms with Gasteiger partial charge in [0.2, 0.25) is 5.91 Å². The summed E-state index contributed by atoms with van der Waals surface area (Å²) in [5, 5.41) is 2.85. The Balaban J connectivity index is 1.94. The molecular weight excluding hydrogens is 310 g/mol. The van der Waals surface area contributed by atoms with Gasteiger partial charge < -0.3 is 10.1 Å². The summed E-state index contributed by atoms with van der Waals surface area (Å²) in [6.45, 7) is 3.62. The van der Waals surface area contributed by atoms with E-state index in [2.05, 4.69) is 21.2 Å². The van der Waals surface area contributed by atoms with Crippen molar-refractivity contribution >= 4 is 33.5 Å². The van der Waals surface area contributed by atoms with Crippen molar-refractivity contribution in [3.63, 3.8) is 0 Å². The molecule has 1 amide bonds. The standard InChI is InChI=1S/C14H14BrNO3/c1-7(2)19-12(17)10-6-14(10)9-5-8(15)3-4-11(9)16-13(14)18/h3-5,7,10H,6H2,1-2H3,(H,16,18)/t10-,14-/m1/s1. The smallest absolute Gasteiger partial charge is 0.310 e. The lowest BCUT2D eigenvalue weighted by Crippen LogP contribution is -2.26. The third-order valence-corrected chi connectivity index (χ3v) is 4.21. The summed E-state index contributed by atoms with van der Waals surface area (Å²) in [5.41, 5.74) is 0.996. The quantitative estimate of drug-likeness (QED) is 0.851. The van der Waals surface area contributed by atoms with E-state index < -0.39 is 5.41 Å². The van der Waals surface area contributed by atoms with Crippen LogP contribution in [0.1, 0.15) is 25.8 Å². The number of nitrogens with one attached hydrogen (secondary N) is 1. The minimum absolute atomic E-state index is 0.0914. The first-order valence-electron chi connectivity index (χ1n) is 6.27. The molecule has 0 unspecified atom stereocenters. The third-order valence-electron chi connectivity index (χ3n) is 3.71. The Kier molecular flexibility index (Phi) is 2.71. The molecule has 1 saturated carbocycles. The highest BCUT2D eigenvalue weighted by Gasteiger charge is 2.68. The summed E-state index contributed by atoms with van der Waals surface area (Å²) in [5.74, 6) is -0.727. The molecule has 1 aliphatic carbocycles. The van der Waals surface area contributed by atoms with Crippen LogP contribution in [0.2, 0.25) is 0 Å². The molecular formula is C14H14BrNO3. The summed E-state index contributed by atoms with van der Waals surface area (Å²) in [7, 11) is 0. The Morgan fingerprint density at radius 3 is 2.95 bits per heavy atom. The van der Waals surface area contributed by atoms with Crippen molar-refractivity contribution < 1.29 is 14.3 Å². The van der Waals surface area contributed by atoms with Crippen molar-refractivity contribution in [3.8, 4) is 0 Å². The fourth-order valence-corrected chi connectivity index (χ4v) is 3.12. The van der Waals surface area contributed by atoms with Gasteiger partial charge in [0.15, 0.2) is 0 Å². The maximum absolute atomic E-state index is 12.2. The summed E-state index contributed by atoms with van der Waals surface area (Å²) < 4.78 is 6.13. The molecule has 0 bridgehead atoms. The fourth-order valence-electron chi connectivity index (χ4n) is 2.76. The Labute approximate surface area is 119 Å². The van der Waals surface area contributed by atoms with Crippen LogP contribution in [0.3, 0.4) is 0 Å². The summed E-state index contributed by atoms with van der Waals surface area (Å²) in [4.78, 5) is 24.2. The van der Waals surface area contributed by atoms with Crippen LogP contribution in [0.4, 0.5) is 5.69 Å². The number of hydrogen-bond donors (Lipinski definition) is 1. The van der Waals surface area contributed by atoms with Crippen LogP contribution in [0.25, 0.3) is 0 Å². The van der Waals surface area contributed by atoms with Crippen molar-refractivity contribution in [3.05, 3.63) is 28.2 Å². The molecule has 19 heavy (non-hydrogen) atoms. The molecule has 3 rings (SSSR count). The monoisotopic (exact) mass is 323 g/mol. The first-order chi connectivity index (χ1) is 8.95. The SMILES string of the molecule is CC(C)OC(=O)[C@H]1C[C@]12C(=O)Nc1ccc(Br)cc12. The van der Waals surface area contributed by atoms with Crippen molar-refractivity contribution in [1.29, 1.82) is 0 Å². The molecule has 2 atom stereocenters. The molecule has 2 aliphatic rings. The second-order valence-corrected chi connectivity index (χ2v) is 6.27. The summed E-state index contributed by atoms with van der Waals surface area (Å²) in [6, 6.07) is 5.65. The molecule has 1 fully saturated rings. The van der Waals surface area contributed by atoms with E-state index in [1.807, 2.05) is 32.0 Å². The normalized spacial score (nSPS) is 27.4. The average molecular weight is 324 g/mol. The molecule has 1 heterocycles. The number of anilines is 1. The van der Waals surface area contributed by atoms with E-state index in [1.54, 1.807) is 0 Å². The lowest BCUT2D eigenvalue weighted by atomic mass is 9.95. The molecule has 0 aromatic heterocycles. The summed E-state index contributed by atoms with van der Waals surface area (Å²) in [6.07, 6.45) is 0.380. The van der Waals surface area contributed by atoms with E-state index in [1.165, 1.54) is 0 Å². The van der Waals surface area contributed by atoms with Crippen LogP contribution in [0.15, 0.2) is 22.7 Å². The fraction of sp³-hybridized carbons (Fsp3) is 0.429. The maximum Gasteiger partial charge on any atom is 0.310 e. The van der Waals surface area contributed by atoms with Crippen molar-refractivity contribution in [2.24, 2.45) is 5.92 Å². The van der Waals surface area contributed by atoms with Crippen LogP contribution < -0.4 is 5.32 Å². The number of rotatable bonds is 2. The van der Waals surface area contributed by atoms with Gasteiger partial charge in [-0.05, 0) is 44.0 Å². The van der Waals surface area contributed by atoms with Gasteiger partial charge >= 0.3 is 5.97 Å². The van der Waals surface area contributed by atoms with E-state index in [9.17, 15) is 9.59 Å². The van der Waals surface area contributed by atoms with Gasteiger partial charge in [-0.15, -0.1) is 0 Å². The van der Waals surface area contributed by atoms with Crippen LogP contribution in [-0.2, 0) is 19.7 Å². The molecule has 0 saturated heterocycles. The summed E-state index contributed by atoms with van der Waals surface area (Å²) >= 11 is 3.41. The predicted octanol–water partition coefficient (Wildman–Crippen LogP) is 2.61. The number of fused-ring (bicyclic) bond motifs is 2. The lowest BCUT2D eigenvalue weighted by molar-refractivity contribution is -0.150. The topological polar surface area (TPSA) is 55.4 Å². The van der Waals surface area contributed by atoms with Gasteiger partial charge in [0.05, 0.1) is 17.4 Å². The second-order valence-electron chi connectivity index (χ2n) is 5.36. The van der Waals surface area contributed by atoms with Crippen LogP contribution >= 0.6 is 15.9 Å². The molecule has 0 radical (unpaired) electrons. The van der Waals surface area contributed by atoms with Crippen LogP contribution in [-0.4, -0.2) is 18.0 Å². The Hall–Kier alpha value is -1.36. The Morgan fingerprint density at radius 2 is 2.26 bits per heavy atom. The first-order valence-corrected chi connectivity index (χ1v) is 7.06. The van der Waals surface area contributed by atoms with Gasteiger partial charge in [-0.25, -0.2) is 0 Å². The van der Waals surface area contributed by atoms with Crippen molar-refractivity contribution in [1.82, 2.24) is 0 Å². The number of hydrogen-bond acceptors (Lipinski definition) is 3. The molecule has 4 nitrogen and oxygen atoms in total. The highest BCUT2D eigenvalue weighted by Crippen LogP contribution is 2.60. The van der Waals surface area contributed by atoms with Gasteiger partial charge in [-0.2, -0.15) is 0 Å². The zero-order chi connectivity index (χ0) is 13.8. The highest BCUT2D eigenvalue weighted by atomic mass is 79.9. The number of carbonyl (C=O) groups excluding carboxylic acids is 2. The lowest BCUT2D eigenvalue weighted by Gasteiger charge is -2.11. The molecule has 1 N–H and O–H groups in total. The Bertz CT molecular complexity index is 584. The molecule has 1 aliphatic heterocycles. The molecule has 1 spiro atoms. The minimum Gasteiger partial charge on any atom is -0.463 e. The van der Waals surface area contributed by atoms with Crippen LogP contribution in [0.5, 0.6) is 0 Å². The van der Waals surface area contributed by atoms with Gasteiger partial charge in [0.1, 0.15) is 0 Å².